The molecule has 1 aromatic carbocycles. The van der Waals surface area contributed by atoms with Gasteiger partial charge in [-0.05, 0) is 31.4 Å². The number of amides is 1. The first-order chi connectivity index (χ1) is 10.0. The van der Waals surface area contributed by atoms with Crippen LogP contribution in [0.2, 0.25) is 0 Å². The minimum atomic E-state index is -0.269. The summed E-state index contributed by atoms with van der Waals surface area (Å²) in [7, 11) is 0. The topological polar surface area (TPSA) is 38.3 Å². The maximum Gasteiger partial charge on any atom is 0.225 e. The molecule has 0 saturated heterocycles. The van der Waals surface area contributed by atoms with Crippen molar-refractivity contribution in [2.45, 2.75) is 38.3 Å². The van der Waals surface area contributed by atoms with Crippen molar-refractivity contribution in [3.8, 4) is 5.75 Å². The molecule has 1 atom stereocenters. The van der Waals surface area contributed by atoms with Gasteiger partial charge in [-0.2, -0.15) is 0 Å². The monoisotopic (exact) mass is 301 g/mol. The van der Waals surface area contributed by atoms with Crippen LogP contribution in [-0.2, 0) is 11.2 Å². The van der Waals surface area contributed by atoms with Gasteiger partial charge in [0.25, 0.3) is 0 Å². The summed E-state index contributed by atoms with van der Waals surface area (Å²) in [5.41, 5.74) is 0.797. The van der Waals surface area contributed by atoms with Crippen LogP contribution in [-0.4, -0.2) is 11.5 Å². The molecule has 4 heteroatoms. The van der Waals surface area contributed by atoms with Gasteiger partial charge in [0.1, 0.15) is 11.4 Å². The first-order valence-electron chi connectivity index (χ1n) is 7.13. The van der Waals surface area contributed by atoms with E-state index in [0.717, 1.165) is 22.6 Å². The minimum Gasteiger partial charge on any atom is -0.487 e. The fourth-order valence-electron chi connectivity index (χ4n) is 2.75. The number of rotatable bonds is 3. The van der Waals surface area contributed by atoms with Crippen LogP contribution in [0.15, 0.2) is 41.8 Å². The SMILES string of the molecule is CC1(C)C[C@@H](NC(=O)Cc2cccs2)c2ccccc2O1. The number of para-hydroxylation sites is 1. The number of fused-ring (bicyclic) bond motifs is 1. The molecule has 1 aliphatic heterocycles. The van der Waals surface area contributed by atoms with Gasteiger partial charge in [-0.1, -0.05) is 24.3 Å². The van der Waals surface area contributed by atoms with Crippen LogP contribution in [0.4, 0.5) is 0 Å². The summed E-state index contributed by atoms with van der Waals surface area (Å²) in [4.78, 5) is 13.3. The third kappa shape index (κ3) is 3.27. The molecule has 3 nitrogen and oxygen atoms in total. The number of ether oxygens (including phenoxy) is 1. The van der Waals surface area contributed by atoms with Crippen molar-refractivity contribution >= 4 is 17.2 Å². The van der Waals surface area contributed by atoms with Gasteiger partial charge in [0.15, 0.2) is 0 Å². The Labute approximate surface area is 129 Å². The standard InChI is InChI=1S/C17H19NO2S/c1-17(2)11-14(13-7-3-4-8-15(13)20-17)18-16(19)10-12-6-5-9-21-12/h3-9,14H,10-11H2,1-2H3,(H,18,19)/t14-/m1/s1. The lowest BCUT2D eigenvalue weighted by Gasteiger charge is -2.37. The first-order valence-corrected chi connectivity index (χ1v) is 8.01. The van der Waals surface area contributed by atoms with E-state index in [4.69, 9.17) is 4.74 Å². The van der Waals surface area contributed by atoms with Gasteiger partial charge >= 0.3 is 0 Å². The zero-order valence-corrected chi connectivity index (χ0v) is 13.1. The molecule has 1 N–H and O–H groups in total. The predicted octanol–water partition coefficient (Wildman–Crippen LogP) is 3.71. The van der Waals surface area contributed by atoms with Crippen LogP contribution >= 0.6 is 11.3 Å². The van der Waals surface area contributed by atoms with E-state index in [-0.39, 0.29) is 17.6 Å². The van der Waals surface area contributed by atoms with Gasteiger partial charge in [0.2, 0.25) is 5.91 Å². The molecule has 0 unspecified atom stereocenters. The molecule has 0 aliphatic carbocycles. The van der Waals surface area contributed by atoms with Crippen molar-refractivity contribution < 1.29 is 9.53 Å². The molecule has 110 valence electrons. The molecular weight excluding hydrogens is 282 g/mol. The molecule has 2 aromatic rings. The van der Waals surface area contributed by atoms with Gasteiger partial charge < -0.3 is 10.1 Å². The highest BCUT2D eigenvalue weighted by Gasteiger charge is 2.34. The maximum atomic E-state index is 12.3. The molecule has 3 rings (SSSR count). The lowest BCUT2D eigenvalue weighted by atomic mass is 9.89. The molecule has 0 radical (unpaired) electrons. The van der Waals surface area contributed by atoms with Gasteiger partial charge in [-0.15, -0.1) is 11.3 Å². The second-order valence-electron chi connectivity index (χ2n) is 5.98. The van der Waals surface area contributed by atoms with E-state index in [0.29, 0.717) is 6.42 Å². The Hall–Kier alpha value is -1.81. The molecule has 0 bridgehead atoms. The number of carbonyl (C=O) groups is 1. The largest absolute Gasteiger partial charge is 0.487 e. The number of benzene rings is 1. The normalized spacial score (nSPS) is 19.4. The Morgan fingerprint density at radius 2 is 2.14 bits per heavy atom. The van der Waals surface area contributed by atoms with Gasteiger partial charge in [-0.3, -0.25) is 4.79 Å². The fourth-order valence-corrected chi connectivity index (χ4v) is 3.45. The zero-order valence-electron chi connectivity index (χ0n) is 12.3. The van der Waals surface area contributed by atoms with Crippen LogP contribution in [0.5, 0.6) is 5.75 Å². The van der Waals surface area contributed by atoms with Crippen molar-refractivity contribution in [3.63, 3.8) is 0 Å². The number of hydrogen-bond donors (Lipinski definition) is 1. The third-order valence-electron chi connectivity index (χ3n) is 3.63. The van der Waals surface area contributed by atoms with Gasteiger partial charge in [-0.25, -0.2) is 0 Å². The molecule has 0 spiro atoms. The Bertz CT molecular complexity index is 634. The molecule has 1 amide bonds. The molecule has 1 aromatic heterocycles. The maximum absolute atomic E-state index is 12.3. The highest BCUT2D eigenvalue weighted by molar-refractivity contribution is 7.10. The quantitative estimate of drug-likeness (QED) is 0.938. The van der Waals surface area contributed by atoms with Crippen molar-refractivity contribution in [1.82, 2.24) is 5.32 Å². The van der Waals surface area contributed by atoms with Crippen molar-refractivity contribution in [3.05, 3.63) is 52.2 Å². The summed E-state index contributed by atoms with van der Waals surface area (Å²) < 4.78 is 5.99. The van der Waals surface area contributed by atoms with E-state index in [1.165, 1.54) is 0 Å². The highest BCUT2D eigenvalue weighted by Crippen LogP contribution is 2.39. The van der Waals surface area contributed by atoms with Crippen molar-refractivity contribution in [2.75, 3.05) is 0 Å². The molecular formula is C17H19NO2S. The Morgan fingerprint density at radius 3 is 2.90 bits per heavy atom. The third-order valence-corrected chi connectivity index (χ3v) is 4.50. The summed E-state index contributed by atoms with van der Waals surface area (Å²) in [6, 6.07) is 11.9. The second-order valence-corrected chi connectivity index (χ2v) is 7.01. The first kappa shape index (κ1) is 14.1. The number of carbonyl (C=O) groups excluding carboxylic acids is 1. The summed E-state index contributed by atoms with van der Waals surface area (Å²) in [6.07, 6.45) is 1.22. The lowest BCUT2D eigenvalue weighted by Crippen LogP contribution is -2.41. The Balaban J connectivity index is 1.76. The summed E-state index contributed by atoms with van der Waals surface area (Å²) in [5.74, 6) is 0.935. The smallest absolute Gasteiger partial charge is 0.225 e. The number of hydrogen-bond acceptors (Lipinski definition) is 3. The van der Waals surface area contributed by atoms with E-state index in [2.05, 4.69) is 19.2 Å². The van der Waals surface area contributed by atoms with Crippen LogP contribution in [0.25, 0.3) is 0 Å². The van der Waals surface area contributed by atoms with Gasteiger partial charge in [0.05, 0.1) is 12.5 Å². The van der Waals surface area contributed by atoms with E-state index in [1.807, 2.05) is 41.8 Å². The van der Waals surface area contributed by atoms with E-state index in [1.54, 1.807) is 11.3 Å². The fraction of sp³-hybridized carbons (Fsp3) is 0.353. The number of thiophene rings is 1. The van der Waals surface area contributed by atoms with Crippen LogP contribution in [0.3, 0.4) is 0 Å². The zero-order chi connectivity index (χ0) is 14.9. The average Bonchev–Trinajstić information content (AvgIpc) is 2.90. The van der Waals surface area contributed by atoms with Gasteiger partial charge in [0, 0.05) is 16.9 Å². The van der Waals surface area contributed by atoms with Crippen LogP contribution in [0.1, 0.15) is 36.8 Å². The predicted molar refractivity (Wildman–Crippen MR) is 84.7 cm³/mol. The average molecular weight is 301 g/mol. The van der Waals surface area contributed by atoms with E-state index < -0.39 is 0 Å². The molecule has 21 heavy (non-hydrogen) atoms. The second kappa shape index (κ2) is 5.53. The number of nitrogens with one attached hydrogen (secondary N) is 1. The minimum absolute atomic E-state index is 0.0115. The van der Waals surface area contributed by atoms with E-state index >= 15 is 0 Å². The summed E-state index contributed by atoms with van der Waals surface area (Å²) in [6.45, 7) is 4.11. The molecule has 0 saturated carbocycles. The molecule has 0 fully saturated rings. The molecule has 1 aliphatic rings. The lowest BCUT2D eigenvalue weighted by molar-refractivity contribution is -0.121. The summed E-state index contributed by atoms with van der Waals surface area (Å²) >= 11 is 1.61. The van der Waals surface area contributed by atoms with Crippen LogP contribution < -0.4 is 10.1 Å². The van der Waals surface area contributed by atoms with Crippen molar-refractivity contribution in [2.24, 2.45) is 0 Å². The van der Waals surface area contributed by atoms with E-state index in [9.17, 15) is 4.79 Å². The Morgan fingerprint density at radius 1 is 1.33 bits per heavy atom. The Kier molecular flexibility index (Phi) is 3.72. The van der Waals surface area contributed by atoms with Crippen LogP contribution in [0, 0.1) is 0 Å². The highest BCUT2D eigenvalue weighted by atomic mass is 32.1. The van der Waals surface area contributed by atoms with Crippen molar-refractivity contribution in [1.29, 1.82) is 0 Å². The summed E-state index contributed by atoms with van der Waals surface area (Å²) in [5, 5.41) is 5.15. The molecule has 2 heterocycles.